The van der Waals surface area contributed by atoms with E-state index in [0.717, 1.165) is 18.4 Å². The summed E-state index contributed by atoms with van der Waals surface area (Å²) in [6.45, 7) is 1.73. The van der Waals surface area contributed by atoms with Gasteiger partial charge in [-0.15, -0.1) is 0 Å². The summed E-state index contributed by atoms with van der Waals surface area (Å²) in [5, 5.41) is 0. The first-order chi connectivity index (χ1) is 14.3. The van der Waals surface area contributed by atoms with Crippen molar-refractivity contribution in [3.8, 4) is 0 Å². The molecule has 0 heterocycles. The number of hydrogen-bond acceptors (Lipinski definition) is 5. The van der Waals surface area contributed by atoms with E-state index in [1.807, 2.05) is 54.6 Å². The molecule has 0 aromatic heterocycles. The molecule has 0 unspecified atom stereocenters. The maximum Gasteiger partial charge on any atom is 0.147 e. The van der Waals surface area contributed by atoms with Crippen molar-refractivity contribution in [3.63, 3.8) is 0 Å². The molecule has 158 valence electrons. The Balaban J connectivity index is 1.83. The monoisotopic (exact) mass is 400 g/mol. The van der Waals surface area contributed by atoms with Gasteiger partial charge in [0, 0.05) is 20.8 Å². The number of benzene rings is 2. The van der Waals surface area contributed by atoms with Crippen molar-refractivity contribution >= 4 is 0 Å². The lowest BCUT2D eigenvalue weighted by Gasteiger charge is -2.17. The largest absolute Gasteiger partial charge is 0.377 e. The molecule has 5 heteroatoms. The highest BCUT2D eigenvalue weighted by Crippen LogP contribution is 2.19. The second-order valence-corrected chi connectivity index (χ2v) is 6.59. The third-order valence-corrected chi connectivity index (χ3v) is 4.32. The summed E-state index contributed by atoms with van der Waals surface area (Å²) in [6.07, 6.45) is 5.52. The Kier molecular flexibility index (Phi) is 12.0. The van der Waals surface area contributed by atoms with Crippen molar-refractivity contribution in [1.29, 1.82) is 0 Å². The van der Waals surface area contributed by atoms with E-state index in [1.54, 1.807) is 14.2 Å². The molecule has 0 aliphatic carbocycles. The molecule has 2 aromatic carbocycles. The van der Waals surface area contributed by atoms with Crippen LogP contribution in [0.25, 0.3) is 0 Å². The molecular formula is C24H32O5. The van der Waals surface area contributed by atoms with Crippen molar-refractivity contribution in [2.75, 3.05) is 34.4 Å². The van der Waals surface area contributed by atoms with Crippen molar-refractivity contribution < 1.29 is 23.7 Å². The lowest BCUT2D eigenvalue weighted by molar-refractivity contribution is -0.0797. The Morgan fingerprint density at radius 2 is 1.48 bits per heavy atom. The van der Waals surface area contributed by atoms with Gasteiger partial charge in [-0.1, -0.05) is 72.8 Å². The fourth-order valence-corrected chi connectivity index (χ4v) is 2.81. The summed E-state index contributed by atoms with van der Waals surface area (Å²) in [4.78, 5) is 0. The van der Waals surface area contributed by atoms with E-state index >= 15 is 0 Å². The smallest absolute Gasteiger partial charge is 0.147 e. The summed E-state index contributed by atoms with van der Waals surface area (Å²) in [5.41, 5.74) is 2.25. The highest BCUT2D eigenvalue weighted by Gasteiger charge is 2.10. The predicted molar refractivity (Wildman–Crippen MR) is 113 cm³/mol. The van der Waals surface area contributed by atoms with Gasteiger partial charge < -0.3 is 23.7 Å². The van der Waals surface area contributed by atoms with Gasteiger partial charge in [0.1, 0.15) is 19.7 Å². The van der Waals surface area contributed by atoms with Crippen LogP contribution in [-0.2, 0) is 30.3 Å². The highest BCUT2D eigenvalue weighted by molar-refractivity contribution is 5.21. The molecule has 0 bridgehead atoms. The maximum atomic E-state index is 5.79. The van der Waals surface area contributed by atoms with Gasteiger partial charge >= 0.3 is 0 Å². The summed E-state index contributed by atoms with van der Waals surface area (Å²) in [7, 11) is 3.25. The van der Waals surface area contributed by atoms with Gasteiger partial charge in [0.05, 0.1) is 12.7 Å². The minimum absolute atomic E-state index is 0.0146. The van der Waals surface area contributed by atoms with Crippen LogP contribution in [0.5, 0.6) is 0 Å². The summed E-state index contributed by atoms with van der Waals surface area (Å²) < 4.78 is 27.5. The molecule has 0 aliphatic rings. The van der Waals surface area contributed by atoms with Crippen LogP contribution in [-0.4, -0.2) is 40.5 Å². The Bertz CT molecular complexity index is 659. The molecule has 0 amide bonds. The Morgan fingerprint density at radius 3 is 2.17 bits per heavy atom. The van der Waals surface area contributed by atoms with E-state index in [2.05, 4.69) is 18.2 Å². The van der Waals surface area contributed by atoms with E-state index in [-0.39, 0.29) is 25.8 Å². The molecule has 29 heavy (non-hydrogen) atoms. The first kappa shape index (κ1) is 23.3. The quantitative estimate of drug-likeness (QED) is 0.242. The van der Waals surface area contributed by atoms with Crippen molar-refractivity contribution in [3.05, 3.63) is 83.9 Å². The van der Waals surface area contributed by atoms with Crippen LogP contribution in [0, 0.1) is 0 Å². The van der Waals surface area contributed by atoms with E-state index in [9.17, 15) is 0 Å². The Hall–Kier alpha value is -2.02. The fraction of sp³-hybridized carbons (Fsp3) is 0.417. The predicted octanol–water partition coefficient (Wildman–Crippen LogP) is 4.89. The van der Waals surface area contributed by atoms with Crippen LogP contribution >= 0.6 is 0 Å². The van der Waals surface area contributed by atoms with Crippen molar-refractivity contribution in [1.82, 2.24) is 0 Å². The van der Waals surface area contributed by atoms with Crippen LogP contribution < -0.4 is 0 Å². The molecule has 0 saturated carbocycles. The minimum atomic E-state index is -0.159. The molecule has 0 saturated heterocycles. The van der Waals surface area contributed by atoms with Gasteiger partial charge in [0.15, 0.2) is 0 Å². The van der Waals surface area contributed by atoms with Gasteiger partial charge in [-0.3, -0.25) is 0 Å². The molecule has 0 aliphatic heterocycles. The van der Waals surface area contributed by atoms with Crippen LogP contribution in [0.4, 0.5) is 0 Å². The highest BCUT2D eigenvalue weighted by atomic mass is 16.7. The Labute approximate surface area is 174 Å². The number of ether oxygens (including phenoxy) is 5. The van der Waals surface area contributed by atoms with Crippen molar-refractivity contribution in [2.45, 2.75) is 31.7 Å². The molecular weight excluding hydrogens is 368 g/mol. The number of hydrogen-bond donors (Lipinski definition) is 0. The molecule has 2 atom stereocenters. The SMILES string of the molecule is COCO[C@H](C/C=C/[C@H](OCOC)c1ccccc1)CCOCc1ccccc1. The van der Waals surface area contributed by atoms with E-state index in [0.29, 0.717) is 13.2 Å². The topological polar surface area (TPSA) is 46.2 Å². The summed E-state index contributed by atoms with van der Waals surface area (Å²) in [6, 6.07) is 20.2. The van der Waals surface area contributed by atoms with Gasteiger partial charge in [0.2, 0.25) is 0 Å². The van der Waals surface area contributed by atoms with E-state index in [1.165, 1.54) is 5.56 Å². The van der Waals surface area contributed by atoms with Gasteiger partial charge in [0.25, 0.3) is 0 Å². The zero-order valence-electron chi connectivity index (χ0n) is 17.4. The molecule has 0 spiro atoms. The van der Waals surface area contributed by atoms with Crippen LogP contribution in [0.3, 0.4) is 0 Å². The standard InChI is InChI=1S/C24H32O5/c1-25-19-28-23(16-17-27-18-21-10-5-3-6-11-21)14-9-15-24(29-20-26-2)22-12-7-4-8-13-22/h3-13,15,23-24H,14,16-20H2,1-2H3/b15-9+/t23-,24+/m1/s1. The third kappa shape index (κ3) is 9.83. The fourth-order valence-electron chi connectivity index (χ4n) is 2.81. The zero-order chi connectivity index (χ0) is 20.6. The van der Waals surface area contributed by atoms with Crippen LogP contribution in [0.1, 0.15) is 30.1 Å². The van der Waals surface area contributed by atoms with Gasteiger partial charge in [-0.2, -0.15) is 0 Å². The Morgan fingerprint density at radius 1 is 0.828 bits per heavy atom. The zero-order valence-corrected chi connectivity index (χ0v) is 17.4. The minimum Gasteiger partial charge on any atom is -0.377 e. The summed E-state index contributed by atoms with van der Waals surface area (Å²) >= 11 is 0. The molecule has 0 radical (unpaired) electrons. The second kappa shape index (κ2) is 14.9. The van der Waals surface area contributed by atoms with Gasteiger partial charge in [-0.05, 0) is 24.0 Å². The average Bonchev–Trinajstić information content (AvgIpc) is 2.78. The third-order valence-electron chi connectivity index (χ3n) is 4.32. The van der Waals surface area contributed by atoms with Crippen LogP contribution in [0.15, 0.2) is 72.8 Å². The van der Waals surface area contributed by atoms with Crippen molar-refractivity contribution in [2.24, 2.45) is 0 Å². The average molecular weight is 401 g/mol. The maximum absolute atomic E-state index is 5.79. The first-order valence-corrected chi connectivity index (χ1v) is 9.87. The first-order valence-electron chi connectivity index (χ1n) is 9.87. The molecule has 0 fully saturated rings. The number of rotatable bonds is 15. The second-order valence-electron chi connectivity index (χ2n) is 6.59. The lowest BCUT2D eigenvalue weighted by Crippen LogP contribution is -2.16. The molecule has 5 nitrogen and oxygen atoms in total. The molecule has 2 aromatic rings. The lowest BCUT2D eigenvalue weighted by atomic mass is 10.1. The molecule has 0 N–H and O–H groups in total. The van der Waals surface area contributed by atoms with Crippen LogP contribution in [0.2, 0.25) is 0 Å². The number of methoxy groups -OCH3 is 2. The molecule has 2 rings (SSSR count). The van der Waals surface area contributed by atoms with E-state index in [4.69, 9.17) is 23.7 Å². The van der Waals surface area contributed by atoms with E-state index < -0.39 is 0 Å². The normalized spacial score (nSPS) is 13.6. The summed E-state index contributed by atoms with van der Waals surface area (Å²) in [5.74, 6) is 0. The van der Waals surface area contributed by atoms with Gasteiger partial charge in [-0.25, -0.2) is 0 Å².